The van der Waals surface area contributed by atoms with Crippen LogP contribution >= 0.6 is 0 Å². The van der Waals surface area contributed by atoms with Crippen LogP contribution in [0.25, 0.3) is 11.1 Å². The first kappa shape index (κ1) is 23.0. The quantitative estimate of drug-likeness (QED) is 0.571. The molecule has 1 amide bonds. The zero-order valence-corrected chi connectivity index (χ0v) is 19.8. The average molecular weight is 451 g/mol. The molecule has 3 heterocycles. The summed E-state index contributed by atoms with van der Waals surface area (Å²) in [6.45, 7) is 2.95. The molecule has 1 saturated heterocycles. The highest BCUT2D eigenvalue weighted by Gasteiger charge is 2.34. The summed E-state index contributed by atoms with van der Waals surface area (Å²) in [4.78, 5) is 39.0. The molecule has 1 aliphatic carbocycles. The number of amides is 1. The molecule has 1 atom stereocenters. The number of pyridine rings is 2. The van der Waals surface area contributed by atoms with E-state index in [-0.39, 0.29) is 17.5 Å². The number of rotatable bonds is 9. The molecule has 4 rings (SSSR count). The maximum Gasteiger partial charge on any atom is 0.271 e. The predicted molar refractivity (Wildman–Crippen MR) is 133 cm³/mol. The van der Waals surface area contributed by atoms with E-state index < -0.39 is 0 Å². The summed E-state index contributed by atoms with van der Waals surface area (Å²) in [6.07, 6.45) is 10.4. The van der Waals surface area contributed by atoms with Crippen molar-refractivity contribution in [3.63, 3.8) is 0 Å². The van der Waals surface area contributed by atoms with Gasteiger partial charge in [0.1, 0.15) is 11.5 Å². The molecule has 2 fully saturated rings. The molecule has 1 saturated carbocycles. The molecule has 2 N–H and O–H groups in total. The largest absolute Gasteiger partial charge is 0.373 e. The van der Waals surface area contributed by atoms with Crippen LogP contribution in [0.3, 0.4) is 0 Å². The number of aromatic amines is 1. The summed E-state index contributed by atoms with van der Waals surface area (Å²) < 4.78 is 0. The average Bonchev–Trinajstić information content (AvgIpc) is 3.50. The lowest BCUT2D eigenvalue weighted by molar-refractivity contribution is -0.125. The first-order valence-corrected chi connectivity index (χ1v) is 11.7. The molecule has 8 heteroatoms. The Morgan fingerprint density at radius 3 is 2.82 bits per heavy atom. The maximum atomic E-state index is 12.9. The van der Waals surface area contributed by atoms with Crippen LogP contribution in [0.5, 0.6) is 0 Å². The fourth-order valence-corrected chi connectivity index (χ4v) is 4.29. The Balaban J connectivity index is 1.56. The van der Waals surface area contributed by atoms with Crippen LogP contribution in [0.2, 0.25) is 0 Å². The molecular weight excluding hydrogens is 416 g/mol. The summed E-state index contributed by atoms with van der Waals surface area (Å²) in [5, 5.41) is 3.06. The Kier molecular flexibility index (Phi) is 7.13. The minimum Gasteiger partial charge on any atom is -0.373 e. The molecule has 8 nitrogen and oxygen atoms in total. The fraction of sp³-hybridized carbons (Fsp3) is 0.480. The number of carbonyl (C=O) groups excluding carboxylic acids is 1. The normalized spacial score (nSPS) is 18.3. The zero-order chi connectivity index (χ0) is 23.4. The Hall–Kier alpha value is -3.13. The third-order valence-electron chi connectivity index (χ3n) is 6.34. The number of likely N-dealkylation sites (N-methyl/N-ethyl adjacent to an activating group) is 1. The number of carbonyl (C=O) groups is 1. The maximum absolute atomic E-state index is 12.9. The SMILES string of the molecule is CNc1cc(-c2c[nH]c(=O)c(N(CC3CC3)C3CCN(C(=O)/C=C/CN(C)C)C3)c2)ccn1. The number of likely N-dealkylation sites (tertiary alicyclic amines) is 1. The van der Waals surface area contributed by atoms with E-state index in [0.717, 1.165) is 36.5 Å². The van der Waals surface area contributed by atoms with Crippen molar-refractivity contribution < 1.29 is 4.79 Å². The van der Waals surface area contributed by atoms with Gasteiger partial charge in [-0.1, -0.05) is 6.08 Å². The number of nitrogens with one attached hydrogen (secondary N) is 2. The topological polar surface area (TPSA) is 84.6 Å². The number of hydrogen-bond donors (Lipinski definition) is 2. The Morgan fingerprint density at radius 2 is 2.09 bits per heavy atom. The van der Waals surface area contributed by atoms with E-state index in [9.17, 15) is 9.59 Å². The molecule has 2 aliphatic rings. The third kappa shape index (κ3) is 5.82. The standard InChI is InChI=1S/C25H34N6O2/c1-26-23-14-19(8-10-27-23)20-13-22(25(33)28-15-20)31(16-18-6-7-18)21-9-12-30(17-21)24(32)5-4-11-29(2)3/h4-5,8,10,13-15,18,21H,6-7,9,11-12,16-17H2,1-3H3,(H,26,27)(H,28,33)/b5-4+. The second-order valence-corrected chi connectivity index (χ2v) is 9.27. The van der Waals surface area contributed by atoms with Gasteiger partial charge in [0.15, 0.2) is 0 Å². The fourth-order valence-electron chi connectivity index (χ4n) is 4.29. The van der Waals surface area contributed by atoms with Gasteiger partial charge < -0.3 is 25.0 Å². The highest BCUT2D eigenvalue weighted by atomic mass is 16.2. The second kappa shape index (κ2) is 10.2. The lowest BCUT2D eigenvalue weighted by Crippen LogP contribution is -2.42. The van der Waals surface area contributed by atoms with Crippen LogP contribution in [-0.4, -0.2) is 79.0 Å². The Morgan fingerprint density at radius 1 is 1.27 bits per heavy atom. The first-order chi connectivity index (χ1) is 15.9. The van der Waals surface area contributed by atoms with E-state index in [4.69, 9.17) is 0 Å². The minimum absolute atomic E-state index is 0.0461. The van der Waals surface area contributed by atoms with Gasteiger partial charge in [-0.15, -0.1) is 0 Å². The minimum atomic E-state index is -0.0852. The van der Waals surface area contributed by atoms with Gasteiger partial charge in [-0.2, -0.15) is 0 Å². The molecule has 1 unspecified atom stereocenters. The van der Waals surface area contributed by atoms with Gasteiger partial charge in [0.2, 0.25) is 5.91 Å². The van der Waals surface area contributed by atoms with Crippen LogP contribution < -0.4 is 15.8 Å². The molecule has 33 heavy (non-hydrogen) atoms. The molecule has 0 radical (unpaired) electrons. The van der Waals surface area contributed by atoms with Gasteiger partial charge in [0, 0.05) is 63.3 Å². The van der Waals surface area contributed by atoms with Crippen molar-refractivity contribution >= 4 is 17.4 Å². The molecular formula is C25H34N6O2. The summed E-state index contributed by atoms with van der Waals surface area (Å²) in [6, 6.07) is 6.04. The third-order valence-corrected chi connectivity index (χ3v) is 6.34. The molecule has 0 aromatic carbocycles. The zero-order valence-electron chi connectivity index (χ0n) is 19.8. The van der Waals surface area contributed by atoms with E-state index in [0.29, 0.717) is 24.7 Å². The molecule has 176 valence electrons. The first-order valence-electron chi connectivity index (χ1n) is 11.7. The summed E-state index contributed by atoms with van der Waals surface area (Å²) in [5.74, 6) is 1.45. The highest BCUT2D eigenvalue weighted by molar-refractivity contribution is 5.88. The van der Waals surface area contributed by atoms with Crippen molar-refractivity contribution in [3.05, 3.63) is 53.1 Å². The molecule has 2 aromatic rings. The van der Waals surface area contributed by atoms with Gasteiger partial charge in [0.05, 0.1) is 0 Å². The van der Waals surface area contributed by atoms with Gasteiger partial charge in [0.25, 0.3) is 5.56 Å². The van der Waals surface area contributed by atoms with E-state index in [1.165, 1.54) is 12.8 Å². The lowest BCUT2D eigenvalue weighted by atomic mass is 10.1. The van der Waals surface area contributed by atoms with Crippen LogP contribution in [-0.2, 0) is 4.79 Å². The van der Waals surface area contributed by atoms with Crippen LogP contribution in [0, 0.1) is 5.92 Å². The van der Waals surface area contributed by atoms with Crippen molar-refractivity contribution in [2.75, 3.05) is 57.5 Å². The number of aromatic nitrogens is 2. The van der Waals surface area contributed by atoms with Gasteiger partial charge >= 0.3 is 0 Å². The van der Waals surface area contributed by atoms with Crippen LogP contribution in [0.4, 0.5) is 11.5 Å². The summed E-state index contributed by atoms with van der Waals surface area (Å²) >= 11 is 0. The smallest absolute Gasteiger partial charge is 0.271 e. The molecule has 0 spiro atoms. The van der Waals surface area contributed by atoms with Gasteiger partial charge in [-0.05, 0) is 63.0 Å². The lowest BCUT2D eigenvalue weighted by Gasteiger charge is -2.31. The second-order valence-electron chi connectivity index (χ2n) is 9.27. The molecule has 0 bridgehead atoms. The van der Waals surface area contributed by atoms with Crippen LogP contribution in [0.1, 0.15) is 19.3 Å². The number of nitrogens with zero attached hydrogens (tertiary/aromatic N) is 4. The highest BCUT2D eigenvalue weighted by Crippen LogP contribution is 2.34. The monoisotopic (exact) mass is 450 g/mol. The van der Waals surface area contributed by atoms with Crippen LogP contribution in [0.15, 0.2) is 47.5 Å². The Labute approximate surface area is 195 Å². The Bertz CT molecular complexity index is 1060. The summed E-state index contributed by atoms with van der Waals surface area (Å²) in [7, 11) is 5.80. The van der Waals surface area contributed by atoms with E-state index >= 15 is 0 Å². The van der Waals surface area contributed by atoms with Gasteiger partial charge in [-0.25, -0.2) is 4.98 Å². The van der Waals surface area contributed by atoms with Crippen molar-refractivity contribution in [2.45, 2.75) is 25.3 Å². The van der Waals surface area contributed by atoms with Crippen molar-refractivity contribution in [1.29, 1.82) is 0 Å². The van der Waals surface area contributed by atoms with E-state index in [1.807, 2.05) is 55.2 Å². The van der Waals surface area contributed by atoms with Gasteiger partial charge in [-0.3, -0.25) is 9.59 Å². The summed E-state index contributed by atoms with van der Waals surface area (Å²) in [5.41, 5.74) is 2.54. The predicted octanol–water partition coefficient (Wildman–Crippen LogP) is 2.41. The van der Waals surface area contributed by atoms with E-state index in [2.05, 4.69) is 20.2 Å². The van der Waals surface area contributed by atoms with Crippen molar-refractivity contribution in [3.8, 4) is 11.1 Å². The van der Waals surface area contributed by atoms with Crippen molar-refractivity contribution in [2.24, 2.45) is 5.92 Å². The number of anilines is 2. The van der Waals surface area contributed by atoms with Crippen molar-refractivity contribution in [1.82, 2.24) is 19.8 Å². The number of hydrogen-bond acceptors (Lipinski definition) is 6. The molecule has 2 aromatic heterocycles. The molecule has 1 aliphatic heterocycles. The van der Waals surface area contributed by atoms with E-state index in [1.54, 1.807) is 18.5 Å². The number of H-pyrrole nitrogens is 1.